The highest BCUT2D eigenvalue weighted by Crippen LogP contribution is 2.14. The fourth-order valence-electron chi connectivity index (χ4n) is 1.75. The third-order valence-electron chi connectivity index (χ3n) is 2.60. The molecule has 1 aromatic carbocycles. The van der Waals surface area contributed by atoms with Gasteiger partial charge in [0.15, 0.2) is 18.9 Å². The molecular weight excluding hydrogens is 242 g/mol. The van der Waals surface area contributed by atoms with Crippen LogP contribution >= 0.6 is 0 Å². The SMILES string of the molecule is Nc1cccc(OCC(O)C[n+]2cccc(N)c2)c1. The first-order valence-corrected chi connectivity index (χ1v) is 6.04. The number of hydrogen-bond acceptors (Lipinski definition) is 4. The summed E-state index contributed by atoms with van der Waals surface area (Å²) in [4.78, 5) is 0. The Bertz CT molecular complexity index is 546. The zero-order valence-corrected chi connectivity index (χ0v) is 10.6. The molecule has 1 heterocycles. The Morgan fingerprint density at radius 1 is 1.16 bits per heavy atom. The number of nitrogens with two attached hydrogens (primary N) is 2. The van der Waals surface area contributed by atoms with Crippen molar-refractivity contribution < 1.29 is 14.4 Å². The first-order valence-electron chi connectivity index (χ1n) is 6.04. The molecule has 1 atom stereocenters. The van der Waals surface area contributed by atoms with Gasteiger partial charge in [-0.15, -0.1) is 0 Å². The van der Waals surface area contributed by atoms with Crippen molar-refractivity contribution in [2.75, 3.05) is 18.1 Å². The summed E-state index contributed by atoms with van der Waals surface area (Å²) in [5, 5.41) is 9.91. The number of nitrogens with zero attached hydrogens (tertiary/aromatic N) is 1. The van der Waals surface area contributed by atoms with Crippen LogP contribution in [0.1, 0.15) is 0 Å². The van der Waals surface area contributed by atoms with Crippen LogP contribution in [-0.2, 0) is 6.54 Å². The highest BCUT2D eigenvalue weighted by Gasteiger charge is 2.12. The molecule has 0 saturated carbocycles. The van der Waals surface area contributed by atoms with Crippen LogP contribution in [0.5, 0.6) is 5.75 Å². The van der Waals surface area contributed by atoms with E-state index in [1.807, 2.05) is 22.9 Å². The molecule has 1 aromatic heterocycles. The predicted octanol–water partition coefficient (Wildman–Crippen LogP) is 0.578. The number of aromatic nitrogens is 1. The van der Waals surface area contributed by atoms with E-state index in [0.29, 0.717) is 23.7 Å². The Morgan fingerprint density at radius 3 is 2.68 bits per heavy atom. The quantitative estimate of drug-likeness (QED) is 0.542. The smallest absolute Gasteiger partial charge is 0.191 e. The third-order valence-corrected chi connectivity index (χ3v) is 2.60. The van der Waals surface area contributed by atoms with Gasteiger partial charge in [-0.25, -0.2) is 4.57 Å². The summed E-state index contributed by atoms with van der Waals surface area (Å²) in [6, 6.07) is 10.7. The minimum Gasteiger partial charge on any atom is -0.491 e. The molecule has 0 fully saturated rings. The van der Waals surface area contributed by atoms with Gasteiger partial charge in [0.2, 0.25) is 0 Å². The Hall–Kier alpha value is -2.27. The zero-order valence-electron chi connectivity index (χ0n) is 10.6. The van der Waals surface area contributed by atoms with Crippen LogP contribution in [0, 0.1) is 0 Å². The summed E-state index contributed by atoms with van der Waals surface area (Å²) in [6.45, 7) is 0.624. The Morgan fingerprint density at radius 2 is 1.95 bits per heavy atom. The first-order chi connectivity index (χ1) is 9.13. The Labute approximate surface area is 112 Å². The maximum Gasteiger partial charge on any atom is 0.191 e. The summed E-state index contributed by atoms with van der Waals surface area (Å²) in [6.07, 6.45) is 3.00. The van der Waals surface area contributed by atoms with Gasteiger partial charge in [0.05, 0.1) is 5.69 Å². The van der Waals surface area contributed by atoms with Gasteiger partial charge < -0.3 is 21.3 Å². The molecule has 19 heavy (non-hydrogen) atoms. The van der Waals surface area contributed by atoms with Crippen LogP contribution in [0.4, 0.5) is 11.4 Å². The number of nitrogen functional groups attached to an aromatic ring is 2. The van der Waals surface area contributed by atoms with Gasteiger partial charge in [-0.3, -0.25) is 0 Å². The average Bonchev–Trinajstić information content (AvgIpc) is 2.36. The summed E-state index contributed by atoms with van der Waals surface area (Å²) >= 11 is 0. The number of rotatable bonds is 5. The van der Waals surface area contributed by atoms with Gasteiger partial charge in [0.1, 0.15) is 18.5 Å². The maximum atomic E-state index is 9.91. The van der Waals surface area contributed by atoms with Crippen molar-refractivity contribution in [3.63, 3.8) is 0 Å². The van der Waals surface area contributed by atoms with E-state index in [4.69, 9.17) is 16.2 Å². The molecular formula is C14H18N3O2+. The monoisotopic (exact) mass is 260 g/mol. The van der Waals surface area contributed by atoms with Crippen molar-refractivity contribution >= 4 is 11.4 Å². The van der Waals surface area contributed by atoms with E-state index < -0.39 is 6.10 Å². The van der Waals surface area contributed by atoms with E-state index in [0.717, 1.165) is 0 Å². The molecule has 0 amide bonds. The van der Waals surface area contributed by atoms with Gasteiger partial charge in [-0.05, 0) is 18.2 Å². The minimum absolute atomic E-state index is 0.200. The molecule has 100 valence electrons. The number of benzene rings is 1. The number of hydrogen-bond donors (Lipinski definition) is 3. The lowest BCUT2D eigenvalue weighted by atomic mass is 10.3. The maximum absolute atomic E-state index is 9.91. The van der Waals surface area contributed by atoms with Crippen molar-refractivity contribution in [1.29, 1.82) is 0 Å². The molecule has 0 aliphatic rings. The van der Waals surface area contributed by atoms with Crippen LogP contribution < -0.4 is 20.8 Å². The average molecular weight is 260 g/mol. The van der Waals surface area contributed by atoms with E-state index in [1.54, 1.807) is 30.5 Å². The first kappa shape index (κ1) is 13.2. The molecule has 0 aliphatic heterocycles. The van der Waals surface area contributed by atoms with Crippen molar-refractivity contribution in [3.05, 3.63) is 48.8 Å². The number of anilines is 2. The normalized spacial score (nSPS) is 12.1. The second-order valence-electron chi connectivity index (χ2n) is 4.37. The van der Waals surface area contributed by atoms with E-state index in [1.165, 1.54) is 0 Å². The molecule has 1 unspecified atom stereocenters. The topological polar surface area (TPSA) is 85.4 Å². The minimum atomic E-state index is -0.617. The zero-order chi connectivity index (χ0) is 13.7. The fourth-order valence-corrected chi connectivity index (χ4v) is 1.75. The predicted molar refractivity (Wildman–Crippen MR) is 73.4 cm³/mol. The molecule has 0 saturated heterocycles. The second-order valence-corrected chi connectivity index (χ2v) is 4.37. The highest BCUT2D eigenvalue weighted by atomic mass is 16.5. The van der Waals surface area contributed by atoms with E-state index in [9.17, 15) is 5.11 Å². The lowest BCUT2D eigenvalue weighted by Crippen LogP contribution is -2.41. The van der Waals surface area contributed by atoms with Gasteiger partial charge in [-0.1, -0.05) is 6.07 Å². The summed E-state index contributed by atoms with van der Waals surface area (Å²) in [5.41, 5.74) is 12.6. The molecule has 0 bridgehead atoms. The third kappa shape index (κ3) is 4.15. The summed E-state index contributed by atoms with van der Waals surface area (Å²) in [5.74, 6) is 0.650. The molecule has 5 N–H and O–H groups in total. The van der Waals surface area contributed by atoms with Crippen molar-refractivity contribution in [2.45, 2.75) is 12.6 Å². The molecule has 5 heteroatoms. The van der Waals surface area contributed by atoms with Gasteiger partial charge in [-0.2, -0.15) is 0 Å². The number of aliphatic hydroxyl groups is 1. The lowest BCUT2D eigenvalue weighted by molar-refractivity contribution is -0.703. The largest absolute Gasteiger partial charge is 0.491 e. The van der Waals surface area contributed by atoms with Crippen LogP contribution in [0.15, 0.2) is 48.8 Å². The van der Waals surface area contributed by atoms with Crippen molar-refractivity contribution in [2.24, 2.45) is 0 Å². The van der Waals surface area contributed by atoms with E-state index in [2.05, 4.69) is 0 Å². The van der Waals surface area contributed by atoms with Crippen molar-refractivity contribution in [3.8, 4) is 5.75 Å². The van der Waals surface area contributed by atoms with Crippen LogP contribution in [-0.4, -0.2) is 17.8 Å². The Kier molecular flexibility index (Phi) is 4.20. The number of pyridine rings is 1. The Balaban J connectivity index is 1.86. The molecule has 0 aliphatic carbocycles. The van der Waals surface area contributed by atoms with Gasteiger partial charge in [0.25, 0.3) is 0 Å². The molecule has 0 radical (unpaired) electrons. The highest BCUT2D eigenvalue weighted by molar-refractivity contribution is 5.43. The van der Waals surface area contributed by atoms with E-state index in [-0.39, 0.29) is 6.61 Å². The van der Waals surface area contributed by atoms with Crippen molar-refractivity contribution in [1.82, 2.24) is 0 Å². The fraction of sp³-hybridized carbons (Fsp3) is 0.214. The molecule has 2 rings (SSSR count). The second kappa shape index (κ2) is 6.06. The lowest BCUT2D eigenvalue weighted by Gasteiger charge is -2.10. The van der Waals surface area contributed by atoms with Crippen LogP contribution in [0.2, 0.25) is 0 Å². The standard InChI is InChI=1S/C14H18N3O2/c15-11-3-1-5-14(7-11)19-10-13(18)9-17-6-2-4-12(16)8-17/h1-8,13,18H,9-10,15-16H2/q+1. The van der Waals surface area contributed by atoms with Crippen LogP contribution in [0.25, 0.3) is 0 Å². The van der Waals surface area contributed by atoms with Gasteiger partial charge >= 0.3 is 0 Å². The van der Waals surface area contributed by atoms with Crippen LogP contribution in [0.3, 0.4) is 0 Å². The molecule has 0 spiro atoms. The number of ether oxygens (including phenoxy) is 1. The number of aliphatic hydroxyl groups excluding tert-OH is 1. The van der Waals surface area contributed by atoms with E-state index >= 15 is 0 Å². The van der Waals surface area contributed by atoms with Gasteiger partial charge in [0, 0.05) is 17.8 Å². The summed E-state index contributed by atoms with van der Waals surface area (Å²) in [7, 11) is 0. The summed E-state index contributed by atoms with van der Waals surface area (Å²) < 4.78 is 7.30. The molecule has 2 aromatic rings. The molecule has 5 nitrogen and oxygen atoms in total.